The van der Waals surface area contributed by atoms with E-state index in [1.165, 1.54) is 23.3 Å². The molecule has 6 heteroatoms. The van der Waals surface area contributed by atoms with E-state index < -0.39 is 37.1 Å². The molecule has 4 N–H and O–H groups in total. The highest BCUT2D eigenvalue weighted by molar-refractivity contribution is 5.51. The smallest absolute Gasteiger partial charge is 0.123 e. The highest BCUT2D eigenvalue weighted by atomic mass is 19.1. The Bertz CT molecular complexity index is 911. The quantitative estimate of drug-likeness (QED) is 0.565. The van der Waals surface area contributed by atoms with Crippen LogP contribution in [0.1, 0.15) is 59.3 Å². The highest BCUT2D eigenvalue weighted by Gasteiger charge is 2.45. The number of hydrogen-bond acceptors (Lipinski definition) is 5. The number of fused-ring (bicyclic) bond motifs is 1. The Hall–Kier alpha value is -1.83. The van der Waals surface area contributed by atoms with Gasteiger partial charge in [0.05, 0.1) is 6.61 Å². The summed E-state index contributed by atoms with van der Waals surface area (Å²) in [5.41, 5.74) is 6.68. The van der Waals surface area contributed by atoms with Crippen molar-refractivity contribution < 1.29 is 29.6 Å². The van der Waals surface area contributed by atoms with Crippen LogP contribution < -0.4 is 0 Å². The third kappa shape index (κ3) is 4.28. The SMILES string of the molecule is CCCc1c([C@@H]2O[C@H](CO)[C@@H](O)[C@H](O)[C@H]2O)cc(Cc2ccc(F)cc2)c2c1CCC2. The first kappa shape index (κ1) is 22.4. The number of benzene rings is 2. The van der Waals surface area contributed by atoms with Crippen LogP contribution in [0.3, 0.4) is 0 Å². The molecule has 2 aromatic carbocycles. The summed E-state index contributed by atoms with van der Waals surface area (Å²) < 4.78 is 19.3. The number of halogens is 1. The number of aliphatic hydroxyl groups excluding tert-OH is 4. The van der Waals surface area contributed by atoms with Crippen molar-refractivity contribution in [3.05, 3.63) is 69.5 Å². The lowest BCUT2D eigenvalue weighted by molar-refractivity contribution is -0.231. The Balaban J connectivity index is 1.79. The van der Waals surface area contributed by atoms with Gasteiger partial charge in [-0.05, 0) is 77.6 Å². The molecule has 5 nitrogen and oxygen atoms in total. The van der Waals surface area contributed by atoms with Crippen molar-refractivity contribution in [1.82, 2.24) is 0 Å². The zero-order valence-electron chi connectivity index (χ0n) is 17.8. The van der Waals surface area contributed by atoms with Crippen LogP contribution in [0.25, 0.3) is 0 Å². The van der Waals surface area contributed by atoms with Crippen LogP contribution in [0.4, 0.5) is 4.39 Å². The first-order valence-electron chi connectivity index (χ1n) is 11.2. The Morgan fingerprint density at radius 1 is 1.00 bits per heavy atom. The Morgan fingerprint density at radius 3 is 2.39 bits per heavy atom. The molecule has 0 amide bonds. The molecule has 0 saturated carbocycles. The fourth-order valence-corrected chi connectivity index (χ4v) is 5.10. The summed E-state index contributed by atoms with van der Waals surface area (Å²) in [5, 5.41) is 40.9. The van der Waals surface area contributed by atoms with Gasteiger partial charge in [0.25, 0.3) is 0 Å². The van der Waals surface area contributed by atoms with Gasteiger partial charge < -0.3 is 25.2 Å². The molecular weight excluding hydrogens is 399 g/mol. The summed E-state index contributed by atoms with van der Waals surface area (Å²) in [6.07, 6.45) is -0.479. The van der Waals surface area contributed by atoms with Gasteiger partial charge >= 0.3 is 0 Å². The second-order valence-corrected chi connectivity index (χ2v) is 8.72. The van der Waals surface area contributed by atoms with E-state index in [2.05, 4.69) is 6.92 Å². The lowest BCUT2D eigenvalue weighted by atomic mass is 9.82. The van der Waals surface area contributed by atoms with Gasteiger partial charge in [-0.1, -0.05) is 31.5 Å². The van der Waals surface area contributed by atoms with Crippen molar-refractivity contribution in [3.8, 4) is 0 Å². The molecule has 1 saturated heterocycles. The van der Waals surface area contributed by atoms with Gasteiger partial charge in [0.1, 0.15) is 36.3 Å². The molecule has 0 bridgehead atoms. The molecular formula is C25H31FO5. The van der Waals surface area contributed by atoms with Crippen molar-refractivity contribution in [3.63, 3.8) is 0 Å². The van der Waals surface area contributed by atoms with Crippen LogP contribution in [0.15, 0.2) is 30.3 Å². The van der Waals surface area contributed by atoms with E-state index in [0.717, 1.165) is 54.4 Å². The van der Waals surface area contributed by atoms with Crippen LogP contribution in [-0.4, -0.2) is 51.4 Å². The summed E-state index contributed by atoms with van der Waals surface area (Å²) in [6, 6.07) is 8.53. The zero-order chi connectivity index (χ0) is 22.1. The van der Waals surface area contributed by atoms with E-state index in [1.807, 2.05) is 6.07 Å². The van der Waals surface area contributed by atoms with Crippen LogP contribution in [0, 0.1) is 5.82 Å². The standard InChI is InChI=1S/C25H31FO5/c1-2-4-18-19-6-3-5-17(19)15(11-14-7-9-16(26)10-8-14)12-20(18)25-24(30)23(29)22(28)21(13-27)31-25/h7-10,12,21-25,27-30H,2-6,11,13H2,1H3/t21-,22-,23+,24-,25+/m1/s1. The third-order valence-electron chi connectivity index (χ3n) is 6.65. The molecule has 31 heavy (non-hydrogen) atoms. The molecule has 0 radical (unpaired) electrons. The number of hydrogen-bond donors (Lipinski definition) is 4. The number of ether oxygens (including phenoxy) is 1. The topological polar surface area (TPSA) is 90.2 Å². The van der Waals surface area contributed by atoms with Crippen LogP contribution in [0.5, 0.6) is 0 Å². The molecule has 1 aliphatic carbocycles. The first-order chi connectivity index (χ1) is 14.9. The lowest BCUT2D eigenvalue weighted by Crippen LogP contribution is -2.55. The molecule has 168 valence electrons. The highest BCUT2D eigenvalue weighted by Crippen LogP contribution is 2.40. The third-order valence-corrected chi connectivity index (χ3v) is 6.65. The lowest BCUT2D eigenvalue weighted by Gasteiger charge is -2.41. The van der Waals surface area contributed by atoms with E-state index in [0.29, 0.717) is 6.42 Å². The molecule has 0 aromatic heterocycles. The summed E-state index contributed by atoms with van der Waals surface area (Å²) in [6.45, 7) is 1.66. The first-order valence-corrected chi connectivity index (χ1v) is 11.2. The van der Waals surface area contributed by atoms with Gasteiger partial charge in [0.2, 0.25) is 0 Å². The normalized spacial score (nSPS) is 28.0. The van der Waals surface area contributed by atoms with Gasteiger partial charge in [-0.25, -0.2) is 4.39 Å². The van der Waals surface area contributed by atoms with E-state index >= 15 is 0 Å². The molecule has 4 rings (SSSR count). The second kappa shape index (κ2) is 9.35. The zero-order valence-corrected chi connectivity index (χ0v) is 17.8. The minimum atomic E-state index is -1.40. The van der Waals surface area contributed by atoms with E-state index in [1.54, 1.807) is 12.1 Å². The van der Waals surface area contributed by atoms with Gasteiger partial charge in [-0.15, -0.1) is 0 Å². The molecule has 2 aliphatic rings. The predicted molar refractivity (Wildman–Crippen MR) is 114 cm³/mol. The van der Waals surface area contributed by atoms with Crippen molar-refractivity contribution in [2.24, 2.45) is 0 Å². The predicted octanol–water partition coefficient (Wildman–Crippen LogP) is 2.37. The Morgan fingerprint density at radius 2 is 1.71 bits per heavy atom. The van der Waals surface area contributed by atoms with Crippen molar-refractivity contribution in [1.29, 1.82) is 0 Å². The van der Waals surface area contributed by atoms with Crippen molar-refractivity contribution >= 4 is 0 Å². The largest absolute Gasteiger partial charge is 0.394 e. The van der Waals surface area contributed by atoms with Crippen LogP contribution in [-0.2, 0) is 30.4 Å². The van der Waals surface area contributed by atoms with Crippen LogP contribution in [0.2, 0.25) is 0 Å². The fourth-order valence-electron chi connectivity index (χ4n) is 5.10. The van der Waals surface area contributed by atoms with E-state index in [4.69, 9.17) is 4.74 Å². The summed E-state index contributed by atoms with van der Waals surface area (Å²) >= 11 is 0. The maximum absolute atomic E-state index is 13.4. The molecule has 0 unspecified atom stereocenters. The minimum Gasteiger partial charge on any atom is -0.394 e. The van der Waals surface area contributed by atoms with Gasteiger partial charge in [0, 0.05) is 0 Å². The molecule has 1 aliphatic heterocycles. The minimum absolute atomic E-state index is 0.269. The fraction of sp³-hybridized carbons (Fsp3) is 0.520. The molecule has 1 heterocycles. The second-order valence-electron chi connectivity index (χ2n) is 8.72. The van der Waals surface area contributed by atoms with E-state index in [9.17, 15) is 24.8 Å². The Kier molecular flexibility index (Phi) is 6.74. The maximum Gasteiger partial charge on any atom is 0.123 e. The molecule has 1 fully saturated rings. The molecule has 0 spiro atoms. The Labute approximate surface area is 182 Å². The summed E-state index contributed by atoms with van der Waals surface area (Å²) in [4.78, 5) is 0. The van der Waals surface area contributed by atoms with Gasteiger partial charge in [-0.2, -0.15) is 0 Å². The van der Waals surface area contributed by atoms with Crippen molar-refractivity contribution in [2.45, 2.75) is 76.0 Å². The monoisotopic (exact) mass is 430 g/mol. The van der Waals surface area contributed by atoms with Gasteiger partial charge in [-0.3, -0.25) is 0 Å². The average molecular weight is 431 g/mol. The van der Waals surface area contributed by atoms with Gasteiger partial charge in [0.15, 0.2) is 0 Å². The summed E-state index contributed by atoms with van der Waals surface area (Å²) in [7, 11) is 0. The molecule has 2 aromatic rings. The van der Waals surface area contributed by atoms with Crippen molar-refractivity contribution in [2.75, 3.05) is 6.61 Å². The van der Waals surface area contributed by atoms with E-state index in [-0.39, 0.29) is 5.82 Å². The number of rotatable bonds is 6. The number of aliphatic hydroxyl groups is 4. The maximum atomic E-state index is 13.4. The summed E-state index contributed by atoms with van der Waals surface area (Å²) in [5.74, 6) is -0.269. The van der Waals surface area contributed by atoms with Crippen LogP contribution >= 0.6 is 0 Å². The average Bonchev–Trinajstić information content (AvgIpc) is 3.26. The molecule has 5 atom stereocenters.